The summed E-state index contributed by atoms with van der Waals surface area (Å²) in [4.78, 5) is 26.2. The first-order valence-corrected chi connectivity index (χ1v) is 9.92. The molecule has 1 aliphatic heterocycles. The van der Waals surface area contributed by atoms with Crippen molar-refractivity contribution in [2.45, 2.75) is 18.3 Å². The quantitative estimate of drug-likeness (QED) is 0.502. The number of ether oxygens (including phenoxy) is 1. The first kappa shape index (κ1) is 21.2. The van der Waals surface area contributed by atoms with Crippen molar-refractivity contribution < 1.29 is 23.0 Å². The number of pyridine rings is 2. The molecule has 5 rings (SSSR count). The molecule has 170 valence electrons. The minimum Gasteiger partial charge on any atom is -0.388 e. The van der Waals surface area contributed by atoms with E-state index >= 15 is 0 Å². The molecule has 0 saturated carbocycles. The molecule has 0 aliphatic carbocycles. The van der Waals surface area contributed by atoms with Crippen molar-refractivity contribution in [3.8, 4) is 22.6 Å². The first-order chi connectivity index (χ1) is 15.7. The monoisotopic (exact) mass is 458 g/mol. The number of nitrogens with zero attached hydrogens (tertiary/aromatic N) is 6. The molecule has 4 aromatic heterocycles. The van der Waals surface area contributed by atoms with Gasteiger partial charge in [0.2, 0.25) is 0 Å². The number of aliphatic hydroxyl groups excluding tert-OH is 1. The van der Waals surface area contributed by atoms with Crippen LogP contribution in [0.5, 0.6) is 0 Å². The second kappa shape index (κ2) is 7.74. The Morgan fingerprint density at radius 2 is 1.97 bits per heavy atom. The van der Waals surface area contributed by atoms with E-state index in [0.717, 1.165) is 12.3 Å². The predicted octanol–water partition coefficient (Wildman–Crippen LogP) is 2.21. The van der Waals surface area contributed by atoms with Crippen LogP contribution < -0.4 is 5.56 Å². The zero-order chi connectivity index (χ0) is 23.3. The van der Waals surface area contributed by atoms with Gasteiger partial charge in [-0.2, -0.15) is 18.3 Å². The van der Waals surface area contributed by atoms with Crippen LogP contribution in [0.1, 0.15) is 11.6 Å². The maximum Gasteiger partial charge on any atom is 0.417 e. The van der Waals surface area contributed by atoms with Crippen molar-refractivity contribution in [1.82, 2.24) is 29.3 Å². The summed E-state index contributed by atoms with van der Waals surface area (Å²) < 4.78 is 47.0. The third-order valence-electron chi connectivity index (χ3n) is 5.48. The van der Waals surface area contributed by atoms with Crippen LogP contribution in [0, 0.1) is 0 Å². The molecule has 2 atom stereocenters. The highest BCUT2D eigenvalue weighted by molar-refractivity contribution is 5.93. The molecule has 0 unspecified atom stereocenters. The number of aromatic nitrogens is 6. The molecule has 0 spiro atoms. The lowest BCUT2D eigenvalue weighted by molar-refractivity contribution is -0.137. The van der Waals surface area contributed by atoms with Gasteiger partial charge in [-0.25, -0.2) is 9.97 Å². The topological polar surface area (TPSA) is 108 Å². The number of alkyl halides is 3. The third-order valence-corrected chi connectivity index (χ3v) is 5.48. The van der Waals surface area contributed by atoms with Gasteiger partial charge < -0.3 is 9.84 Å². The second-order valence-electron chi connectivity index (χ2n) is 7.71. The van der Waals surface area contributed by atoms with E-state index in [1.807, 2.05) is 0 Å². The van der Waals surface area contributed by atoms with Gasteiger partial charge in [-0.1, -0.05) is 0 Å². The molecule has 9 nitrogen and oxygen atoms in total. The largest absolute Gasteiger partial charge is 0.417 e. The summed E-state index contributed by atoms with van der Waals surface area (Å²) in [6, 6.07) is 2.95. The minimum atomic E-state index is -4.52. The van der Waals surface area contributed by atoms with E-state index in [1.165, 1.54) is 23.0 Å². The molecule has 5 heterocycles. The number of aliphatic hydroxyl groups is 1. The summed E-state index contributed by atoms with van der Waals surface area (Å²) >= 11 is 0. The number of rotatable bonds is 3. The van der Waals surface area contributed by atoms with Gasteiger partial charge in [0.15, 0.2) is 0 Å². The first-order valence-electron chi connectivity index (χ1n) is 9.92. The molecule has 1 N–H and O–H groups in total. The van der Waals surface area contributed by atoms with E-state index in [9.17, 15) is 23.1 Å². The van der Waals surface area contributed by atoms with Crippen molar-refractivity contribution in [2.75, 3.05) is 13.2 Å². The number of halogens is 3. The Morgan fingerprint density at radius 1 is 1.15 bits per heavy atom. The summed E-state index contributed by atoms with van der Waals surface area (Å²) in [7, 11) is 1.72. The second-order valence-corrected chi connectivity index (χ2v) is 7.71. The maximum atomic E-state index is 13.4. The Morgan fingerprint density at radius 3 is 2.58 bits per heavy atom. The van der Waals surface area contributed by atoms with E-state index in [4.69, 9.17) is 4.74 Å². The number of aryl methyl sites for hydroxylation is 1. The van der Waals surface area contributed by atoms with Crippen LogP contribution in [-0.4, -0.2) is 53.7 Å². The number of hydrogen-bond donors (Lipinski definition) is 1. The third kappa shape index (κ3) is 3.76. The summed E-state index contributed by atoms with van der Waals surface area (Å²) in [5.74, 6) is 0. The lowest BCUT2D eigenvalue weighted by atomic mass is 10.1. The molecule has 0 amide bonds. The summed E-state index contributed by atoms with van der Waals surface area (Å²) in [6.45, 7) is 0.259. The van der Waals surface area contributed by atoms with Crippen molar-refractivity contribution in [1.29, 1.82) is 0 Å². The van der Waals surface area contributed by atoms with Gasteiger partial charge in [-0.05, 0) is 18.2 Å². The standard InChI is InChI=1S/C21H17F3N6O3/c1-29-7-11(5-27-29)18-19-13(20(32)30(10-26-19)16-8-33-9-17(16)31)4-15(28-18)14-3-2-12(6-25-14)21(22,23)24/h2-7,10,16-17,31H,8-9H2,1H3/t16-,17-/m0/s1. The van der Waals surface area contributed by atoms with Crippen LogP contribution in [0.2, 0.25) is 0 Å². The van der Waals surface area contributed by atoms with Gasteiger partial charge in [0, 0.05) is 25.0 Å². The molecule has 1 aliphatic rings. The van der Waals surface area contributed by atoms with E-state index < -0.39 is 29.4 Å². The molecule has 4 aromatic rings. The Bertz CT molecular complexity index is 1400. The van der Waals surface area contributed by atoms with E-state index in [-0.39, 0.29) is 30.0 Å². The Labute approximate surface area is 184 Å². The van der Waals surface area contributed by atoms with Crippen molar-refractivity contribution in [2.24, 2.45) is 7.05 Å². The van der Waals surface area contributed by atoms with Gasteiger partial charge in [-0.3, -0.25) is 19.0 Å². The van der Waals surface area contributed by atoms with Crippen LogP contribution in [-0.2, 0) is 18.0 Å². The Hall–Kier alpha value is -3.64. The molecule has 0 bridgehead atoms. The highest BCUT2D eigenvalue weighted by Crippen LogP contribution is 2.31. The Kier molecular flexibility index (Phi) is 4.98. The minimum absolute atomic E-state index is 0.104. The molecule has 1 fully saturated rings. The van der Waals surface area contributed by atoms with Crippen LogP contribution in [0.15, 0.2) is 47.9 Å². The average molecular weight is 458 g/mol. The molecule has 33 heavy (non-hydrogen) atoms. The molecule has 0 aromatic carbocycles. The van der Waals surface area contributed by atoms with Gasteiger partial charge in [-0.15, -0.1) is 0 Å². The van der Waals surface area contributed by atoms with Crippen molar-refractivity contribution in [3.05, 3.63) is 59.0 Å². The highest BCUT2D eigenvalue weighted by atomic mass is 19.4. The van der Waals surface area contributed by atoms with Gasteiger partial charge in [0.05, 0.1) is 54.1 Å². The SMILES string of the molecule is Cn1cc(-c2nc(-c3ccc(C(F)(F)F)cn3)cc3c(=O)n([C@H]4COC[C@@H]4O)cnc23)cn1. The zero-order valence-electron chi connectivity index (χ0n) is 17.2. The fraction of sp³-hybridized carbons (Fsp3) is 0.286. The van der Waals surface area contributed by atoms with Crippen LogP contribution in [0.25, 0.3) is 33.5 Å². The molecular weight excluding hydrogens is 441 g/mol. The summed E-state index contributed by atoms with van der Waals surface area (Å²) in [5, 5.41) is 14.5. The zero-order valence-corrected chi connectivity index (χ0v) is 17.2. The fourth-order valence-corrected chi connectivity index (χ4v) is 3.77. The summed E-state index contributed by atoms with van der Waals surface area (Å²) in [5.41, 5.74) is 0.251. The lowest BCUT2D eigenvalue weighted by Gasteiger charge is -2.16. The summed E-state index contributed by atoms with van der Waals surface area (Å²) in [6.07, 6.45) is -0.0899. The Balaban J connectivity index is 1.72. The van der Waals surface area contributed by atoms with E-state index in [0.29, 0.717) is 16.8 Å². The molecule has 1 saturated heterocycles. The highest BCUT2D eigenvalue weighted by Gasteiger charge is 2.31. The number of fused-ring (bicyclic) bond motifs is 1. The normalized spacial score (nSPS) is 18.8. The smallest absolute Gasteiger partial charge is 0.388 e. The van der Waals surface area contributed by atoms with Gasteiger partial charge >= 0.3 is 6.18 Å². The van der Waals surface area contributed by atoms with Gasteiger partial charge in [0.1, 0.15) is 17.3 Å². The van der Waals surface area contributed by atoms with Gasteiger partial charge in [0.25, 0.3) is 5.56 Å². The van der Waals surface area contributed by atoms with Crippen LogP contribution in [0.4, 0.5) is 13.2 Å². The van der Waals surface area contributed by atoms with Crippen molar-refractivity contribution >= 4 is 10.9 Å². The number of hydrogen-bond acceptors (Lipinski definition) is 7. The van der Waals surface area contributed by atoms with Crippen LogP contribution in [0.3, 0.4) is 0 Å². The fourth-order valence-electron chi connectivity index (χ4n) is 3.77. The molecule has 12 heteroatoms. The van der Waals surface area contributed by atoms with Crippen molar-refractivity contribution in [3.63, 3.8) is 0 Å². The molecular formula is C21H17F3N6O3. The average Bonchev–Trinajstić information content (AvgIpc) is 3.41. The van der Waals surface area contributed by atoms with E-state index in [1.54, 1.807) is 24.1 Å². The van der Waals surface area contributed by atoms with Crippen LogP contribution >= 0.6 is 0 Å². The maximum absolute atomic E-state index is 13.4. The predicted molar refractivity (Wildman–Crippen MR) is 110 cm³/mol. The molecule has 0 radical (unpaired) electrons. The lowest BCUT2D eigenvalue weighted by Crippen LogP contribution is -2.32. The van der Waals surface area contributed by atoms with E-state index in [2.05, 4.69) is 20.1 Å².